The Bertz CT molecular complexity index is 890. The molecule has 2 aromatic rings. The van der Waals surface area contributed by atoms with E-state index < -0.39 is 5.54 Å². The number of halogens is 1. The number of rotatable bonds is 4. The van der Waals surface area contributed by atoms with Crippen molar-refractivity contribution in [2.75, 3.05) is 26.4 Å². The summed E-state index contributed by atoms with van der Waals surface area (Å²) in [4.78, 5) is 12.7. The van der Waals surface area contributed by atoms with Crippen molar-refractivity contribution in [1.82, 2.24) is 5.32 Å². The Morgan fingerprint density at radius 1 is 1.00 bits per heavy atom. The van der Waals surface area contributed by atoms with E-state index in [0.29, 0.717) is 32.2 Å². The third kappa shape index (κ3) is 4.23. The second kappa shape index (κ2) is 8.37. The van der Waals surface area contributed by atoms with Crippen molar-refractivity contribution in [3.63, 3.8) is 0 Å². The van der Waals surface area contributed by atoms with E-state index in [0.717, 1.165) is 34.2 Å². The first kappa shape index (κ1) is 19.0. The number of ether oxygens (including phenoxy) is 3. The minimum Gasteiger partial charge on any atom is -0.486 e. The van der Waals surface area contributed by atoms with Crippen LogP contribution in [0.25, 0.3) is 6.08 Å². The average molecular weight is 444 g/mol. The summed E-state index contributed by atoms with van der Waals surface area (Å²) < 4.78 is 17.7. The molecule has 28 heavy (non-hydrogen) atoms. The highest BCUT2D eigenvalue weighted by Gasteiger charge is 2.35. The lowest BCUT2D eigenvalue weighted by Gasteiger charge is -2.38. The molecule has 0 aromatic heterocycles. The maximum absolute atomic E-state index is 12.7. The molecule has 0 bridgehead atoms. The number of hydrogen-bond acceptors (Lipinski definition) is 4. The predicted molar refractivity (Wildman–Crippen MR) is 110 cm³/mol. The second-order valence-corrected chi connectivity index (χ2v) is 7.85. The molecule has 2 aliphatic rings. The lowest BCUT2D eigenvalue weighted by molar-refractivity contribution is -0.119. The van der Waals surface area contributed by atoms with E-state index in [1.54, 1.807) is 12.2 Å². The average Bonchev–Trinajstić information content (AvgIpc) is 2.73. The van der Waals surface area contributed by atoms with Crippen molar-refractivity contribution in [2.24, 2.45) is 0 Å². The molecule has 0 radical (unpaired) electrons. The zero-order valence-electron chi connectivity index (χ0n) is 15.4. The molecule has 2 aliphatic heterocycles. The third-order valence-corrected chi connectivity index (χ3v) is 5.57. The smallest absolute Gasteiger partial charge is 0.244 e. The van der Waals surface area contributed by atoms with Gasteiger partial charge in [-0.15, -0.1) is 0 Å². The maximum Gasteiger partial charge on any atom is 0.244 e. The van der Waals surface area contributed by atoms with E-state index in [9.17, 15) is 4.79 Å². The van der Waals surface area contributed by atoms with Crippen molar-refractivity contribution in [3.05, 3.63) is 64.1 Å². The molecule has 5 nitrogen and oxygen atoms in total. The van der Waals surface area contributed by atoms with Crippen LogP contribution in [0.4, 0.5) is 0 Å². The van der Waals surface area contributed by atoms with Crippen molar-refractivity contribution >= 4 is 27.9 Å². The van der Waals surface area contributed by atoms with Crippen molar-refractivity contribution in [2.45, 2.75) is 18.4 Å². The highest BCUT2D eigenvalue weighted by Crippen LogP contribution is 2.34. The Labute approximate surface area is 172 Å². The van der Waals surface area contributed by atoms with E-state index in [4.69, 9.17) is 14.2 Å². The number of hydrogen-bond donors (Lipinski definition) is 1. The van der Waals surface area contributed by atoms with Crippen LogP contribution in [0.15, 0.2) is 53.0 Å². The van der Waals surface area contributed by atoms with E-state index in [1.807, 2.05) is 30.3 Å². The zero-order valence-corrected chi connectivity index (χ0v) is 17.0. The van der Waals surface area contributed by atoms with Gasteiger partial charge < -0.3 is 19.5 Å². The lowest BCUT2D eigenvalue weighted by atomic mass is 9.82. The molecule has 0 atom stereocenters. The first-order chi connectivity index (χ1) is 13.6. The van der Waals surface area contributed by atoms with E-state index in [-0.39, 0.29) is 5.91 Å². The van der Waals surface area contributed by atoms with E-state index in [1.165, 1.54) is 0 Å². The number of fused-ring (bicyclic) bond motifs is 1. The van der Waals surface area contributed by atoms with E-state index >= 15 is 0 Å². The summed E-state index contributed by atoms with van der Waals surface area (Å²) in [7, 11) is 0. The van der Waals surface area contributed by atoms with Gasteiger partial charge in [0, 0.05) is 23.8 Å². The summed E-state index contributed by atoms with van der Waals surface area (Å²) in [5.74, 6) is 1.32. The maximum atomic E-state index is 12.7. The van der Waals surface area contributed by atoms with Gasteiger partial charge in [-0.2, -0.15) is 0 Å². The summed E-state index contributed by atoms with van der Waals surface area (Å²) >= 11 is 3.53. The van der Waals surface area contributed by atoms with Crippen molar-refractivity contribution < 1.29 is 19.0 Å². The Kier molecular flexibility index (Phi) is 5.69. The van der Waals surface area contributed by atoms with Gasteiger partial charge in [0.25, 0.3) is 0 Å². The van der Waals surface area contributed by atoms with Crippen LogP contribution < -0.4 is 14.8 Å². The van der Waals surface area contributed by atoms with Crippen LogP contribution in [0.2, 0.25) is 0 Å². The van der Waals surface area contributed by atoms with Gasteiger partial charge in [-0.3, -0.25) is 4.79 Å². The van der Waals surface area contributed by atoms with Crippen LogP contribution in [0.3, 0.4) is 0 Å². The van der Waals surface area contributed by atoms with Crippen molar-refractivity contribution in [3.8, 4) is 11.5 Å². The fourth-order valence-corrected chi connectivity index (χ4v) is 4.00. The molecule has 0 aliphatic carbocycles. The monoisotopic (exact) mass is 443 g/mol. The van der Waals surface area contributed by atoms with E-state index in [2.05, 4.69) is 33.4 Å². The molecule has 2 aromatic carbocycles. The second-order valence-electron chi connectivity index (χ2n) is 6.93. The van der Waals surface area contributed by atoms with Crippen LogP contribution in [-0.2, 0) is 15.1 Å². The third-order valence-electron chi connectivity index (χ3n) is 5.08. The number of nitrogens with one attached hydrogen (secondary N) is 1. The first-order valence-corrected chi connectivity index (χ1v) is 10.2. The molecule has 1 fully saturated rings. The molecule has 6 heteroatoms. The number of carbonyl (C=O) groups excluding carboxylic acids is 1. The van der Waals surface area contributed by atoms with Gasteiger partial charge >= 0.3 is 0 Å². The molecule has 1 N–H and O–H groups in total. The fourth-order valence-electron chi connectivity index (χ4n) is 3.60. The first-order valence-electron chi connectivity index (χ1n) is 9.38. The predicted octanol–water partition coefficient (Wildman–Crippen LogP) is 4.06. The Morgan fingerprint density at radius 3 is 2.57 bits per heavy atom. The van der Waals surface area contributed by atoms with Gasteiger partial charge in [0.2, 0.25) is 5.91 Å². The van der Waals surface area contributed by atoms with Crippen LogP contribution in [-0.4, -0.2) is 32.3 Å². The number of amides is 1. The highest BCUT2D eigenvalue weighted by molar-refractivity contribution is 9.10. The quantitative estimate of drug-likeness (QED) is 0.723. The molecular formula is C22H22BrNO4. The molecule has 2 heterocycles. The number of benzene rings is 2. The standard InChI is InChI=1S/C22H22BrNO4/c23-18-3-1-2-17(15-18)22(8-10-26-11-9-22)24-21(25)7-5-16-4-6-19-20(14-16)28-13-12-27-19/h1-7,14-15H,8-13H2,(H,24,25)/b7-5+. The van der Waals surface area contributed by atoms with Gasteiger partial charge in [-0.25, -0.2) is 0 Å². The normalized spacial score (nSPS) is 18.0. The molecule has 1 saturated heterocycles. The van der Waals surface area contributed by atoms with Gasteiger partial charge in [-0.1, -0.05) is 34.1 Å². The number of carbonyl (C=O) groups is 1. The van der Waals surface area contributed by atoms with Crippen LogP contribution in [0.1, 0.15) is 24.0 Å². The Morgan fingerprint density at radius 2 is 1.79 bits per heavy atom. The molecular weight excluding hydrogens is 422 g/mol. The topological polar surface area (TPSA) is 56.8 Å². The Balaban J connectivity index is 1.51. The summed E-state index contributed by atoms with van der Waals surface area (Å²) in [5, 5.41) is 3.23. The van der Waals surface area contributed by atoms with Crippen LogP contribution in [0.5, 0.6) is 11.5 Å². The van der Waals surface area contributed by atoms with Crippen LogP contribution in [0, 0.1) is 0 Å². The molecule has 1 amide bonds. The Hall–Kier alpha value is -2.31. The van der Waals surface area contributed by atoms with Gasteiger partial charge in [0.15, 0.2) is 11.5 Å². The molecule has 4 rings (SSSR count). The zero-order chi connectivity index (χ0) is 19.4. The lowest BCUT2D eigenvalue weighted by Crippen LogP contribution is -2.49. The summed E-state index contributed by atoms with van der Waals surface area (Å²) in [5.41, 5.74) is 1.56. The summed E-state index contributed by atoms with van der Waals surface area (Å²) in [6.45, 7) is 2.35. The largest absolute Gasteiger partial charge is 0.486 e. The van der Waals surface area contributed by atoms with Crippen LogP contribution >= 0.6 is 15.9 Å². The minimum absolute atomic E-state index is 0.128. The molecule has 0 unspecified atom stereocenters. The SMILES string of the molecule is O=C(/C=C/c1ccc2c(c1)OCCO2)NC1(c2cccc(Br)c2)CCOCC1. The highest BCUT2D eigenvalue weighted by atomic mass is 79.9. The summed E-state index contributed by atoms with van der Waals surface area (Å²) in [6.07, 6.45) is 4.85. The fraction of sp³-hybridized carbons (Fsp3) is 0.318. The van der Waals surface area contributed by atoms with Gasteiger partial charge in [-0.05, 0) is 54.3 Å². The molecule has 0 spiro atoms. The van der Waals surface area contributed by atoms with Gasteiger partial charge in [0.05, 0.1) is 5.54 Å². The molecule has 146 valence electrons. The minimum atomic E-state index is -0.420. The molecule has 0 saturated carbocycles. The van der Waals surface area contributed by atoms with Crippen molar-refractivity contribution in [1.29, 1.82) is 0 Å². The summed E-state index contributed by atoms with van der Waals surface area (Å²) in [6, 6.07) is 13.8. The van der Waals surface area contributed by atoms with Gasteiger partial charge in [0.1, 0.15) is 13.2 Å².